The summed E-state index contributed by atoms with van der Waals surface area (Å²) < 4.78 is 0. The number of primary amides is 1. The van der Waals surface area contributed by atoms with Gasteiger partial charge in [0.2, 0.25) is 11.9 Å². The Hall–Kier alpha value is -2.05. The third-order valence-electron chi connectivity index (χ3n) is 3.47. The zero-order valence-corrected chi connectivity index (χ0v) is 11.8. The molecule has 1 aromatic heterocycles. The van der Waals surface area contributed by atoms with E-state index in [-0.39, 0.29) is 18.4 Å². The van der Waals surface area contributed by atoms with E-state index in [1.807, 2.05) is 17.9 Å². The number of hydrogen-bond acceptors (Lipinski definition) is 6. The van der Waals surface area contributed by atoms with Crippen LogP contribution in [-0.2, 0) is 4.79 Å². The lowest BCUT2D eigenvalue weighted by molar-refractivity contribution is -0.116. The Labute approximate surface area is 118 Å². The van der Waals surface area contributed by atoms with E-state index in [4.69, 9.17) is 11.5 Å². The van der Waals surface area contributed by atoms with Crippen molar-refractivity contribution < 1.29 is 4.79 Å². The van der Waals surface area contributed by atoms with Gasteiger partial charge >= 0.3 is 0 Å². The maximum Gasteiger partial charge on any atom is 0.237 e. The molecule has 20 heavy (non-hydrogen) atoms. The largest absolute Gasteiger partial charge is 0.370 e. The summed E-state index contributed by atoms with van der Waals surface area (Å²) in [5.74, 6) is 1.17. The Morgan fingerprint density at radius 3 is 2.75 bits per heavy atom. The number of anilines is 3. The molecular formula is C13H22N6O. The number of nitrogens with two attached hydrogens (primary N) is 2. The van der Waals surface area contributed by atoms with Crippen LogP contribution in [0.15, 0.2) is 6.07 Å². The summed E-state index contributed by atoms with van der Waals surface area (Å²) in [7, 11) is 0. The SMILES string of the molecule is CCNc1cc(N(CC(N)=O)C2CCCC2)nc(N)n1. The molecule has 1 saturated carbocycles. The number of rotatable bonds is 6. The first kappa shape index (κ1) is 14.4. The average molecular weight is 278 g/mol. The maximum absolute atomic E-state index is 11.3. The number of aromatic nitrogens is 2. The molecule has 0 unspecified atom stereocenters. The van der Waals surface area contributed by atoms with Crippen molar-refractivity contribution in [1.29, 1.82) is 0 Å². The van der Waals surface area contributed by atoms with Gasteiger partial charge in [-0.3, -0.25) is 4.79 Å². The van der Waals surface area contributed by atoms with Crippen molar-refractivity contribution in [3.63, 3.8) is 0 Å². The monoisotopic (exact) mass is 278 g/mol. The van der Waals surface area contributed by atoms with Crippen molar-refractivity contribution in [2.45, 2.75) is 38.6 Å². The van der Waals surface area contributed by atoms with E-state index >= 15 is 0 Å². The van der Waals surface area contributed by atoms with Gasteiger partial charge in [-0.15, -0.1) is 0 Å². The number of nitrogen functional groups attached to an aromatic ring is 1. The number of hydrogen-bond donors (Lipinski definition) is 3. The van der Waals surface area contributed by atoms with Crippen LogP contribution in [0.25, 0.3) is 0 Å². The lowest BCUT2D eigenvalue weighted by atomic mass is 10.2. The zero-order chi connectivity index (χ0) is 14.5. The highest BCUT2D eigenvalue weighted by atomic mass is 16.1. The fraction of sp³-hybridized carbons (Fsp3) is 0.615. The summed E-state index contributed by atoms with van der Waals surface area (Å²) in [6.45, 7) is 2.89. The van der Waals surface area contributed by atoms with E-state index in [1.165, 1.54) is 12.8 Å². The molecule has 2 rings (SSSR count). The molecule has 0 aliphatic heterocycles. The highest BCUT2D eigenvalue weighted by Crippen LogP contribution is 2.28. The summed E-state index contributed by atoms with van der Waals surface area (Å²) in [5, 5.41) is 3.11. The van der Waals surface area contributed by atoms with Gasteiger partial charge in [0.1, 0.15) is 11.6 Å². The zero-order valence-electron chi connectivity index (χ0n) is 11.8. The van der Waals surface area contributed by atoms with Crippen LogP contribution in [0.4, 0.5) is 17.6 Å². The molecule has 0 radical (unpaired) electrons. The lowest BCUT2D eigenvalue weighted by Gasteiger charge is -2.29. The smallest absolute Gasteiger partial charge is 0.237 e. The minimum Gasteiger partial charge on any atom is -0.370 e. The third-order valence-corrected chi connectivity index (χ3v) is 3.47. The minimum atomic E-state index is -0.362. The first-order valence-corrected chi connectivity index (χ1v) is 7.03. The molecule has 0 atom stereocenters. The van der Waals surface area contributed by atoms with E-state index in [0.29, 0.717) is 17.7 Å². The summed E-state index contributed by atoms with van der Waals surface area (Å²) in [4.78, 5) is 21.7. The van der Waals surface area contributed by atoms with E-state index in [2.05, 4.69) is 15.3 Å². The Morgan fingerprint density at radius 2 is 2.15 bits per heavy atom. The first-order valence-electron chi connectivity index (χ1n) is 7.03. The van der Waals surface area contributed by atoms with Crippen molar-refractivity contribution >= 4 is 23.5 Å². The number of nitrogens with zero attached hydrogens (tertiary/aromatic N) is 3. The van der Waals surface area contributed by atoms with Gasteiger partial charge in [0.25, 0.3) is 0 Å². The van der Waals surface area contributed by atoms with Gasteiger partial charge in [0.15, 0.2) is 0 Å². The number of carbonyl (C=O) groups excluding carboxylic acids is 1. The lowest BCUT2D eigenvalue weighted by Crippen LogP contribution is -2.40. The molecule has 1 aliphatic rings. The normalized spacial score (nSPS) is 15.2. The van der Waals surface area contributed by atoms with Gasteiger partial charge in [-0.25, -0.2) is 0 Å². The molecule has 7 heteroatoms. The van der Waals surface area contributed by atoms with Gasteiger partial charge in [-0.1, -0.05) is 12.8 Å². The summed E-state index contributed by atoms with van der Waals surface area (Å²) >= 11 is 0. The van der Waals surface area contributed by atoms with Crippen LogP contribution in [0, 0.1) is 0 Å². The molecule has 0 saturated heterocycles. The van der Waals surface area contributed by atoms with Crippen molar-refractivity contribution in [3.8, 4) is 0 Å². The second kappa shape index (κ2) is 6.40. The van der Waals surface area contributed by atoms with Gasteiger partial charge in [-0.2, -0.15) is 9.97 Å². The predicted octanol–water partition coefficient (Wildman–Crippen LogP) is 0.725. The second-order valence-electron chi connectivity index (χ2n) is 5.03. The third kappa shape index (κ3) is 3.49. The summed E-state index contributed by atoms with van der Waals surface area (Å²) in [6, 6.07) is 2.12. The van der Waals surface area contributed by atoms with Crippen LogP contribution in [0.3, 0.4) is 0 Å². The van der Waals surface area contributed by atoms with E-state index in [0.717, 1.165) is 19.4 Å². The van der Waals surface area contributed by atoms with Gasteiger partial charge in [0, 0.05) is 18.7 Å². The highest BCUT2D eigenvalue weighted by molar-refractivity contribution is 5.79. The molecule has 1 amide bonds. The average Bonchev–Trinajstić information content (AvgIpc) is 2.89. The Balaban J connectivity index is 2.28. The molecule has 0 aromatic carbocycles. The van der Waals surface area contributed by atoms with Gasteiger partial charge in [-0.05, 0) is 19.8 Å². The predicted molar refractivity (Wildman–Crippen MR) is 79.4 cm³/mol. The molecule has 110 valence electrons. The Bertz CT molecular complexity index is 472. The van der Waals surface area contributed by atoms with Gasteiger partial charge in [0.05, 0.1) is 6.54 Å². The van der Waals surface area contributed by atoms with Crippen molar-refractivity contribution in [1.82, 2.24) is 9.97 Å². The number of carbonyl (C=O) groups is 1. The molecule has 7 nitrogen and oxygen atoms in total. The Kier molecular flexibility index (Phi) is 4.60. The van der Waals surface area contributed by atoms with E-state index in [1.54, 1.807) is 0 Å². The molecule has 1 aromatic rings. The fourth-order valence-electron chi connectivity index (χ4n) is 2.65. The van der Waals surface area contributed by atoms with Crippen molar-refractivity contribution in [2.24, 2.45) is 5.73 Å². The minimum absolute atomic E-state index is 0.159. The fourth-order valence-corrected chi connectivity index (χ4v) is 2.65. The topological polar surface area (TPSA) is 110 Å². The van der Waals surface area contributed by atoms with Crippen LogP contribution in [0.2, 0.25) is 0 Å². The molecule has 5 N–H and O–H groups in total. The van der Waals surface area contributed by atoms with Crippen LogP contribution in [0.5, 0.6) is 0 Å². The summed E-state index contributed by atoms with van der Waals surface area (Å²) in [6.07, 6.45) is 4.43. The molecular weight excluding hydrogens is 256 g/mol. The molecule has 1 fully saturated rings. The van der Waals surface area contributed by atoms with Gasteiger partial charge < -0.3 is 21.7 Å². The second-order valence-corrected chi connectivity index (χ2v) is 5.03. The van der Waals surface area contributed by atoms with Crippen molar-refractivity contribution in [3.05, 3.63) is 6.07 Å². The van der Waals surface area contributed by atoms with Crippen LogP contribution in [-0.4, -0.2) is 35.0 Å². The number of amides is 1. The quantitative estimate of drug-likeness (QED) is 0.707. The molecule has 0 spiro atoms. The number of nitrogens with one attached hydrogen (secondary N) is 1. The standard InChI is InChI=1S/C13H22N6O/c1-2-16-11-7-12(18-13(15)17-11)19(8-10(14)20)9-5-3-4-6-9/h7,9H,2-6,8H2,1H3,(H2,14,20)(H3,15,16,17,18). The van der Waals surface area contributed by atoms with Crippen LogP contribution in [0.1, 0.15) is 32.6 Å². The van der Waals surface area contributed by atoms with Crippen LogP contribution >= 0.6 is 0 Å². The van der Waals surface area contributed by atoms with Crippen LogP contribution < -0.4 is 21.7 Å². The first-order chi connectivity index (χ1) is 9.60. The maximum atomic E-state index is 11.3. The molecule has 0 bridgehead atoms. The van der Waals surface area contributed by atoms with Crippen molar-refractivity contribution in [2.75, 3.05) is 29.0 Å². The van der Waals surface area contributed by atoms with E-state index in [9.17, 15) is 4.79 Å². The Morgan fingerprint density at radius 1 is 1.45 bits per heavy atom. The molecule has 1 heterocycles. The van der Waals surface area contributed by atoms with E-state index < -0.39 is 0 Å². The highest BCUT2D eigenvalue weighted by Gasteiger charge is 2.25. The summed E-state index contributed by atoms with van der Waals surface area (Å²) in [5.41, 5.74) is 11.1. The molecule has 1 aliphatic carbocycles.